The van der Waals surface area contributed by atoms with Gasteiger partial charge in [0.25, 0.3) is 0 Å². The number of amides is 2. The largest absolute Gasteiger partial charge is 0.465 e. The molecule has 0 radical (unpaired) electrons. The standard InChI is InChI=1S/C33H30N6O4/c40-32(41)38-16-4-8-28(38)30-34-24-14-12-21(18-26(24)36-30)10-11-22-13-15-25-27(19-22)37-31(35-25)29-9-5-17-39(29)33(42)43-20-23-6-2-1-3-7-23/h1-3,6-7,12-15,18-19,28-29H,4-5,8-9,16-17,20H2,(H,34,36)(H,35,37)(H,40,41)/t28-,29-/m0/s1. The van der Waals surface area contributed by atoms with E-state index in [1.807, 2.05) is 66.7 Å². The highest BCUT2D eigenvalue weighted by Crippen LogP contribution is 2.33. The summed E-state index contributed by atoms with van der Waals surface area (Å²) >= 11 is 0. The van der Waals surface area contributed by atoms with Crippen LogP contribution in [0.4, 0.5) is 9.59 Å². The number of fused-ring (bicyclic) bond motifs is 2. The number of hydrogen-bond acceptors (Lipinski definition) is 5. The molecule has 4 heterocycles. The van der Waals surface area contributed by atoms with Crippen LogP contribution in [0, 0.1) is 11.8 Å². The van der Waals surface area contributed by atoms with Crippen molar-refractivity contribution in [1.82, 2.24) is 29.7 Å². The van der Waals surface area contributed by atoms with E-state index in [0.29, 0.717) is 18.9 Å². The maximum absolute atomic E-state index is 12.9. The molecule has 2 fully saturated rings. The van der Waals surface area contributed by atoms with Crippen LogP contribution in [0.2, 0.25) is 0 Å². The van der Waals surface area contributed by atoms with Crippen molar-refractivity contribution in [2.45, 2.75) is 44.4 Å². The smallest absolute Gasteiger partial charge is 0.410 e. The summed E-state index contributed by atoms with van der Waals surface area (Å²) in [4.78, 5) is 43.8. The first-order chi connectivity index (χ1) is 21.0. The number of hydrogen-bond donors (Lipinski definition) is 3. The molecule has 0 aliphatic carbocycles. The summed E-state index contributed by atoms with van der Waals surface area (Å²) in [7, 11) is 0. The van der Waals surface area contributed by atoms with Gasteiger partial charge < -0.3 is 19.8 Å². The fraction of sp³-hybridized carbons (Fsp3) is 0.273. The topological polar surface area (TPSA) is 127 Å². The van der Waals surface area contributed by atoms with Gasteiger partial charge in [-0.05, 0) is 67.6 Å². The molecule has 216 valence electrons. The third-order valence-corrected chi connectivity index (χ3v) is 8.17. The van der Waals surface area contributed by atoms with Crippen molar-refractivity contribution >= 4 is 34.3 Å². The molecular weight excluding hydrogens is 544 g/mol. The van der Waals surface area contributed by atoms with Crippen LogP contribution in [0.1, 0.15) is 66.1 Å². The molecule has 0 spiro atoms. The summed E-state index contributed by atoms with van der Waals surface area (Å²) in [6.07, 6.45) is 2.04. The number of nitrogens with one attached hydrogen (secondary N) is 2. The van der Waals surface area contributed by atoms with E-state index in [1.54, 1.807) is 4.90 Å². The van der Waals surface area contributed by atoms with Crippen LogP contribution in [0.25, 0.3) is 22.1 Å². The van der Waals surface area contributed by atoms with Crippen molar-refractivity contribution in [2.24, 2.45) is 0 Å². The van der Waals surface area contributed by atoms with E-state index in [2.05, 4.69) is 26.8 Å². The molecular formula is C33H30N6O4. The van der Waals surface area contributed by atoms with Crippen LogP contribution >= 0.6 is 0 Å². The summed E-state index contributed by atoms with van der Waals surface area (Å²) < 4.78 is 5.59. The average Bonchev–Trinajstić information content (AvgIpc) is 3.83. The Morgan fingerprint density at radius 1 is 0.814 bits per heavy atom. The van der Waals surface area contributed by atoms with Gasteiger partial charge >= 0.3 is 12.2 Å². The summed E-state index contributed by atoms with van der Waals surface area (Å²) in [6, 6.07) is 20.9. The zero-order valence-corrected chi connectivity index (χ0v) is 23.4. The lowest BCUT2D eigenvalue weighted by atomic mass is 10.1. The number of aromatic nitrogens is 4. The number of imidazole rings is 2. The van der Waals surface area contributed by atoms with E-state index in [9.17, 15) is 14.7 Å². The SMILES string of the molecule is O=C(O)N1CCC[C@H]1c1nc2ccc(C#Cc3ccc4nc([C@@H]5CCCN5C(=O)OCc5ccccc5)[nH]c4c3)cc2[nH]1. The van der Waals surface area contributed by atoms with Gasteiger partial charge in [-0.3, -0.25) is 9.80 Å². The summed E-state index contributed by atoms with van der Waals surface area (Å²) in [5.74, 6) is 7.89. The second-order valence-corrected chi connectivity index (χ2v) is 11.0. The Morgan fingerprint density at radius 3 is 1.95 bits per heavy atom. The van der Waals surface area contributed by atoms with Gasteiger partial charge in [0.15, 0.2) is 0 Å². The van der Waals surface area contributed by atoms with Gasteiger partial charge in [0.2, 0.25) is 0 Å². The van der Waals surface area contributed by atoms with Crippen LogP contribution in [0.3, 0.4) is 0 Å². The number of H-pyrrole nitrogens is 2. The van der Waals surface area contributed by atoms with Gasteiger partial charge in [-0.15, -0.1) is 0 Å². The third kappa shape index (κ3) is 5.37. The molecule has 5 aromatic rings. The molecule has 43 heavy (non-hydrogen) atoms. The monoisotopic (exact) mass is 574 g/mol. The van der Waals surface area contributed by atoms with Crippen LogP contribution in [0.15, 0.2) is 66.7 Å². The van der Waals surface area contributed by atoms with Gasteiger partial charge in [-0.1, -0.05) is 42.2 Å². The molecule has 3 aromatic carbocycles. The van der Waals surface area contributed by atoms with Gasteiger partial charge in [-0.2, -0.15) is 0 Å². The maximum Gasteiger partial charge on any atom is 0.410 e. The molecule has 10 heteroatoms. The number of benzene rings is 3. The molecule has 2 aromatic heterocycles. The number of nitrogens with zero attached hydrogens (tertiary/aromatic N) is 4. The fourth-order valence-electron chi connectivity index (χ4n) is 6.03. The molecule has 3 N–H and O–H groups in total. The van der Waals surface area contributed by atoms with E-state index in [4.69, 9.17) is 9.72 Å². The number of carbonyl (C=O) groups is 2. The highest BCUT2D eigenvalue weighted by Gasteiger charge is 2.34. The summed E-state index contributed by atoms with van der Waals surface area (Å²) in [6.45, 7) is 1.40. The quantitative estimate of drug-likeness (QED) is 0.222. The van der Waals surface area contributed by atoms with Crippen LogP contribution in [-0.2, 0) is 11.3 Å². The van der Waals surface area contributed by atoms with Crippen molar-refractivity contribution in [3.8, 4) is 11.8 Å². The predicted octanol–water partition coefficient (Wildman–Crippen LogP) is 6.13. The van der Waals surface area contributed by atoms with Crippen LogP contribution < -0.4 is 0 Å². The number of aromatic amines is 2. The molecule has 2 aliphatic rings. The normalized spacial score (nSPS) is 18.2. The van der Waals surface area contributed by atoms with E-state index in [-0.39, 0.29) is 24.8 Å². The first-order valence-corrected chi connectivity index (χ1v) is 14.5. The molecule has 0 saturated carbocycles. The molecule has 0 unspecified atom stereocenters. The second-order valence-electron chi connectivity index (χ2n) is 11.0. The Kier molecular flexibility index (Phi) is 6.91. The first kappa shape index (κ1) is 26.6. The predicted molar refractivity (Wildman–Crippen MR) is 160 cm³/mol. The number of carboxylic acid groups (broad SMARTS) is 1. The molecule has 10 nitrogen and oxygen atoms in total. The Bertz CT molecular complexity index is 1890. The van der Waals surface area contributed by atoms with Crippen molar-refractivity contribution in [2.75, 3.05) is 13.1 Å². The molecule has 2 atom stereocenters. The molecule has 2 amide bonds. The van der Waals surface area contributed by atoms with Gasteiger partial charge in [0.05, 0.1) is 34.2 Å². The lowest BCUT2D eigenvalue weighted by Gasteiger charge is -2.22. The first-order valence-electron chi connectivity index (χ1n) is 14.5. The van der Waals surface area contributed by atoms with E-state index in [1.165, 1.54) is 4.90 Å². The highest BCUT2D eigenvalue weighted by molar-refractivity contribution is 5.79. The summed E-state index contributed by atoms with van der Waals surface area (Å²) in [5, 5.41) is 9.49. The van der Waals surface area contributed by atoms with E-state index in [0.717, 1.165) is 70.3 Å². The number of rotatable bonds is 4. The van der Waals surface area contributed by atoms with Gasteiger partial charge in [0.1, 0.15) is 18.3 Å². The molecule has 2 saturated heterocycles. The minimum absolute atomic E-state index is 0.164. The van der Waals surface area contributed by atoms with Crippen molar-refractivity contribution in [1.29, 1.82) is 0 Å². The minimum atomic E-state index is -0.919. The zero-order chi connectivity index (χ0) is 29.3. The Labute approximate surface area is 247 Å². The number of ether oxygens (including phenoxy) is 1. The highest BCUT2D eigenvalue weighted by atomic mass is 16.6. The van der Waals surface area contributed by atoms with Crippen molar-refractivity contribution in [3.63, 3.8) is 0 Å². The average molecular weight is 575 g/mol. The zero-order valence-electron chi connectivity index (χ0n) is 23.4. The lowest BCUT2D eigenvalue weighted by molar-refractivity contribution is 0.0910. The Hall–Kier alpha value is -5.30. The maximum atomic E-state index is 12.9. The van der Waals surface area contributed by atoms with Crippen LogP contribution in [-0.4, -0.2) is 60.1 Å². The molecule has 2 aliphatic heterocycles. The Balaban J connectivity index is 1.06. The van der Waals surface area contributed by atoms with E-state index < -0.39 is 6.09 Å². The summed E-state index contributed by atoms with van der Waals surface area (Å²) in [5.41, 5.74) is 5.91. The number of carbonyl (C=O) groups excluding carboxylic acids is 1. The van der Waals surface area contributed by atoms with E-state index >= 15 is 0 Å². The Morgan fingerprint density at radius 2 is 1.37 bits per heavy atom. The fourth-order valence-corrected chi connectivity index (χ4v) is 6.03. The van der Waals surface area contributed by atoms with Crippen LogP contribution in [0.5, 0.6) is 0 Å². The van der Waals surface area contributed by atoms with Crippen molar-refractivity contribution < 1.29 is 19.4 Å². The molecule has 7 rings (SSSR count). The van der Waals surface area contributed by atoms with Crippen molar-refractivity contribution in [3.05, 3.63) is 95.1 Å². The second kappa shape index (κ2) is 11.2. The van der Waals surface area contributed by atoms with Gasteiger partial charge in [0, 0.05) is 24.2 Å². The van der Waals surface area contributed by atoms with Gasteiger partial charge in [-0.25, -0.2) is 19.6 Å². The number of likely N-dealkylation sites (tertiary alicyclic amines) is 2. The third-order valence-electron chi connectivity index (χ3n) is 8.17. The molecule has 0 bridgehead atoms. The lowest BCUT2D eigenvalue weighted by Crippen LogP contribution is -2.31. The minimum Gasteiger partial charge on any atom is -0.465 e.